The highest BCUT2D eigenvalue weighted by Gasteiger charge is 1.60. The maximum absolute atomic E-state index is 9.00. The SMILES string of the molecule is Br.Br.NC(N)=O. The van der Waals surface area contributed by atoms with Crippen LogP contribution in [0.3, 0.4) is 0 Å². The van der Waals surface area contributed by atoms with Crippen LogP contribution in [0.25, 0.3) is 0 Å². The van der Waals surface area contributed by atoms with Gasteiger partial charge in [-0.3, -0.25) is 0 Å². The molecule has 0 aliphatic carbocycles. The molecule has 0 bridgehead atoms. The molecule has 5 heteroatoms. The lowest BCUT2D eigenvalue weighted by Gasteiger charge is -1.62. The van der Waals surface area contributed by atoms with E-state index in [0.29, 0.717) is 0 Å². The predicted molar refractivity (Wildman–Crippen MR) is 34.4 cm³/mol. The van der Waals surface area contributed by atoms with E-state index in [1.54, 1.807) is 0 Å². The minimum Gasteiger partial charge on any atom is -0.352 e. The van der Waals surface area contributed by atoms with Crippen molar-refractivity contribution >= 4 is 40.0 Å². The van der Waals surface area contributed by atoms with E-state index < -0.39 is 6.03 Å². The minimum absolute atomic E-state index is 0. The first kappa shape index (κ1) is 16.3. The van der Waals surface area contributed by atoms with Crippen LogP contribution in [0.5, 0.6) is 0 Å². The first-order chi connectivity index (χ1) is 1.73. The second-order valence-electron chi connectivity index (χ2n) is 0.402. The first-order valence-corrected chi connectivity index (χ1v) is 0.781. The maximum Gasteiger partial charge on any atom is 0.309 e. The highest BCUT2D eigenvalue weighted by Crippen LogP contribution is 1.25. The number of primary amides is 2. The third-order valence-electron chi connectivity index (χ3n) is 0. The molecule has 0 rings (SSSR count). The molecular formula is CH6Br2N2O. The van der Waals surface area contributed by atoms with Crippen LogP contribution in [0.4, 0.5) is 4.79 Å². The Bertz CT molecular complexity index is 34.5. The van der Waals surface area contributed by atoms with E-state index in [1.165, 1.54) is 0 Å². The Hall–Kier alpha value is 0.230. The molecule has 2 amide bonds. The van der Waals surface area contributed by atoms with Crippen LogP contribution in [0.15, 0.2) is 0 Å². The van der Waals surface area contributed by atoms with Crippen molar-refractivity contribution in [3.63, 3.8) is 0 Å². The third-order valence-corrected chi connectivity index (χ3v) is 0. The normalized spacial score (nSPS) is 4.00. The van der Waals surface area contributed by atoms with Crippen molar-refractivity contribution in [3.8, 4) is 0 Å². The van der Waals surface area contributed by atoms with Crippen LogP contribution >= 0.6 is 34.0 Å². The summed E-state index contributed by atoms with van der Waals surface area (Å²) >= 11 is 0. The van der Waals surface area contributed by atoms with Gasteiger partial charge in [0, 0.05) is 0 Å². The second-order valence-corrected chi connectivity index (χ2v) is 0.402. The lowest BCUT2D eigenvalue weighted by atomic mass is 11.2. The Kier molecular flexibility index (Phi) is 24.4. The fraction of sp³-hybridized carbons (Fsp3) is 0. The predicted octanol–water partition coefficient (Wildman–Crippen LogP) is 0.180. The molecule has 0 aromatic rings. The monoisotopic (exact) mass is 220 g/mol. The molecule has 0 unspecified atom stereocenters. The zero-order chi connectivity index (χ0) is 3.58. The smallest absolute Gasteiger partial charge is 0.309 e. The lowest BCUT2D eigenvalue weighted by Crippen LogP contribution is -2.18. The summed E-state index contributed by atoms with van der Waals surface area (Å²) in [6.45, 7) is 0. The number of carbonyl (C=O) groups is 1. The van der Waals surface area contributed by atoms with Gasteiger partial charge in [-0.15, -0.1) is 34.0 Å². The molecule has 0 aliphatic rings. The largest absolute Gasteiger partial charge is 0.352 e. The van der Waals surface area contributed by atoms with Gasteiger partial charge in [-0.25, -0.2) is 4.79 Å². The van der Waals surface area contributed by atoms with Crippen LogP contribution in [-0.4, -0.2) is 6.03 Å². The van der Waals surface area contributed by atoms with Crippen molar-refractivity contribution < 1.29 is 4.79 Å². The van der Waals surface area contributed by atoms with Gasteiger partial charge in [0.15, 0.2) is 0 Å². The standard InChI is InChI=1S/CH4N2O.2BrH/c2-1(3)4;;/h(H4,2,3,4);2*1H. The van der Waals surface area contributed by atoms with E-state index in [1.807, 2.05) is 0 Å². The van der Waals surface area contributed by atoms with E-state index in [4.69, 9.17) is 4.79 Å². The minimum atomic E-state index is -0.833. The number of hydrogen-bond donors (Lipinski definition) is 2. The van der Waals surface area contributed by atoms with Crippen LogP contribution in [0.2, 0.25) is 0 Å². The molecule has 6 heavy (non-hydrogen) atoms. The molecule has 0 radical (unpaired) electrons. The molecule has 0 aromatic carbocycles. The van der Waals surface area contributed by atoms with Crippen molar-refractivity contribution in [3.05, 3.63) is 0 Å². The summed E-state index contributed by atoms with van der Waals surface area (Å²) < 4.78 is 0. The second kappa shape index (κ2) is 8.97. The van der Waals surface area contributed by atoms with E-state index in [9.17, 15) is 0 Å². The van der Waals surface area contributed by atoms with Crippen molar-refractivity contribution in [1.29, 1.82) is 0 Å². The molecule has 0 atom stereocenters. The van der Waals surface area contributed by atoms with Crippen molar-refractivity contribution in [1.82, 2.24) is 0 Å². The number of urea groups is 1. The number of halogens is 2. The summed E-state index contributed by atoms with van der Waals surface area (Å²) in [6.07, 6.45) is 0. The number of hydrogen-bond acceptors (Lipinski definition) is 1. The van der Waals surface area contributed by atoms with Crippen LogP contribution in [0, 0.1) is 0 Å². The highest BCUT2D eigenvalue weighted by atomic mass is 79.9. The maximum atomic E-state index is 9.00. The van der Waals surface area contributed by atoms with E-state index in [-0.39, 0.29) is 34.0 Å². The van der Waals surface area contributed by atoms with E-state index >= 15 is 0 Å². The van der Waals surface area contributed by atoms with Gasteiger partial charge < -0.3 is 11.5 Å². The van der Waals surface area contributed by atoms with Gasteiger partial charge in [0.1, 0.15) is 0 Å². The summed E-state index contributed by atoms with van der Waals surface area (Å²) in [5, 5.41) is 0. The van der Waals surface area contributed by atoms with Crippen molar-refractivity contribution in [2.45, 2.75) is 0 Å². The summed E-state index contributed by atoms with van der Waals surface area (Å²) in [5.74, 6) is 0. The Morgan fingerprint density at radius 1 is 1.17 bits per heavy atom. The van der Waals surface area contributed by atoms with Crippen LogP contribution in [0.1, 0.15) is 0 Å². The molecule has 3 nitrogen and oxygen atoms in total. The Morgan fingerprint density at radius 2 is 1.17 bits per heavy atom. The zero-order valence-electron chi connectivity index (χ0n) is 2.88. The quantitative estimate of drug-likeness (QED) is 0.602. The van der Waals surface area contributed by atoms with E-state index in [0.717, 1.165) is 0 Å². The lowest BCUT2D eigenvalue weighted by molar-refractivity contribution is 0.256. The van der Waals surface area contributed by atoms with Crippen LogP contribution in [-0.2, 0) is 0 Å². The average molecular weight is 222 g/mol. The molecule has 0 aromatic heterocycles. The summed E-state index contributed by atoms with van der Waals surface area (Å²) in [6, 6.07) is -0.833. The average Bonchev–Trinajstić information content (AvgIpc) is 0.811. The highest BCUT2D eigenvalue weighted by molar-refractivity contribution is 8.93. The van der Waals surface area contributed by atoms with Gasteiger partial charge in [-0.05, 0) is 0 Å². The fourth-order valence-electron chi connectivity index (χ4n) is 0. The van der Waals surface area contributed by atoms with E-state index in [2.05, 4.69) is 11.5 Å². The summed E-state index contributed by atoms with van der Waals surface area (Å²) in [7, 11) is 0. The fourth-order valence-corrected chi connectivity index (χ4v) is 0. The van der Waals surface area contributed by atoms with Crippen LogP contribution < -0.4 is 11.5 Å². The zero-order valence-corrected chi connectivity index (χ0v) is 6.31. The Balaban J connectivity index is -0.0000000450. The molecule has 0 fully saturated rings. The van der Waals surface area contributed by atoms with Gasteiger partial charge in [-0.2, -0.15) is 0 Å². The Labute approximate surface area is 56.6 Å². The molecular weight excluding hydrogens is 216 g/mol. The number of rotatable bonds is 0. The number of nitrogens with two attached hydrogens (primary N) is 2. The molecule has 0 heterocycles. The molecule has 40 valence electrons. The van der Waals surface area contributed by atoms with Gasteiger partial charge in [0.05, 0.1) is 0 Å². The first-order valence-electron chi connectivity index (χ1n) is 0.781. The molecule has 0 saturated carbocycles. The Morgan fingerprint density at radius 3 is 1.17 bits per heavy atom. The van der Waals surface area contributed by atoms with Gasteiger partial charge in [-0.1, -0.05) is 0 Å². The molecule has 4 N–H and O–H groups in total. The van der Waals surface area contributed by atoms with Gasteiger partial charge in [0.2, 0.25) is 0 Å². The third kappa shape index (κ3) is 834. The topological polar surface area (TPSA) is 69.1 Å². The number of carbonyl (C=O) groups excluding carboxylic acids is 1. The molecule has 0 aliphatic heterocycles. The molecule has 0 saturated heterocycles. The summed E-state index contributed by atoms with van der Waals surface area (Å²) in [4.78, 5) is 9.00. The van der Waals surface area contributed by atoms with Crippen molar-refractivity contribution in [2.24, 2.45) is 11.5 Å². The summed E-state index contributed by atoms with van der Waals surface area (Å²) in [5.41, 5.74) is 8.50. The van der Waals surface area contributed by atoms with Gasteiger partial charge in [0.25, 0.3) is 0 Å². The number of amides is 2. The van der Waals surface area contributed by atoms with Gasteiger partial charge >= 0.3 is 6.03 Å². The molecule has 0 spiro atoms. The van der Waals surface area contributed by atoms with Crippen molar-refractivity contribution in [2.75, 3.05) is 0 Å².